The first-order chi connectivity index (χ1) is 19.0. The Bertz CT molecular complexity index is 1570. The summed E-state index contributed by atoms with van der Waals surface area (Å²) in [7, 11) is 0. The molecule has 2 aromatic carbocycles. The van der Waals surface area contributed by atoms with Crippen LogP contribution in [0, 0.1) is 20.9 Å². The average Bonchev–Trinajstić information content (AvgIpc) is 3.36. The van der Waals surface area contributed by atoms with Crippen molar-refractivity contribution in [2.75, 3.05) is 4.90 Å². The van der Waals surface area contributed by atoms with Gasteiger partial charge in [-0.05, 0) is 54.0 Å². The molecule has 0 saturated heterocycles. The first kappa shape index (κ1) is 26.0. The second-order valence-electron chi connectivity index (χ2n) is 12.7. The Morgan fingerprint density at radius 1 is 0.775 bits per heavy atom. The summed E-state index contributed by atoms with van der Waals surface area (Å²) in [5, 5.41) is 11.7. The molecule has 6 rings (SSSR count). The van der Waals surface area contributed by atoms with Crippen molar-refractivity contribution >= 4 is 22.9 Å². The molecule has 3 aliphatic rings. The highest BCUT2D eigenvalue weighted by Gasteiger charge is 2.50. The third kappa shape index (κ3) is 4.30. The summed E-state index contributed by atoms with van der Waals surface area (Å²) in [6, 6.07) is 19.8. The maximum Gasteiger partial charge on any atom is 0.280 e. The summed E-state index contributed by atoms with van der Waals surface area (Å²) in [4.78, 5) is 41.4. The van der Waals surface area contributed by atoms with Gasteiger partial charge in [0.25, 0.3) is 5.69 Å². The maximum atomic E-state index is 14.0. The molecule has 0 bridgehead atoms. The molecule has 0 spiro atoms. The molecule has 0 fully saturated rings. The number of carbonyl (C=O) groups excluding carboxylic acids is 2. The van der Waals surface area contributed by atoms with Crippen molar-refractivity contribution in [2.24, 2.45) is 10.8 Å². The van der Waals surface area contributed by atoms with Crippen LogP contribution in [0.3, 0.4) is 0 Å². The molecule has 7 heteroatoms. The monoisotopic (exact) mass is 536 g/mol. The molecule has 0 unspecified atom stereocenters. The van der Waals surface area contributed by atoms with Crippen molar-refractivity contribution in [3.63, 3.8) is 0 Å². The Kier molecular flexibility index (Phi) is 5.95. The molecular formula is C33H32N2O5. The highest BCUT2D eigenvalue weighted by Crippen LogP contribution is 2.55. The molecule has 0 amide bonds. The van der Waals surface area contributed by atoms with Crippen LogP contribution in [0.1, 0.15) is 65.1 Å². The molecular weight excluding hydrogens is 504 g/mol. The van der Waals surface area contributed by atoms with Crippen molar-refractivity contribution in [1.82, 2.24) is 0 Å². The Morgan fingerprint density at radius 3 is 1.90 bits per heavy atom. The fourth-order valence-corrected chi connectivity index (χ4v) is 6.63. The summed E-state index contributed by atoms with van der Waals surface area (Å²) >= 11 is 0. The van der Waals surface area contributed by atoms with Crippen LogP contribution in [0.2, 0.25) is 0 Å². The number of furan rings is 1. The van der Waals surface area contributed by atoms with E-state index in [0.717, 1.165) is 17.1 Å². The van der Waals surface area contributed by atoms with Crippen molar-refractivity contribution < 1.29 is 18.9 Å². The number of nitro benzene ring substituents is 1. The predicted molar refractivity (Wildman–Crippen MR) is 153 cm³/mol. The van der Waals surface area contributed by atoms with Gasteiger partial charge in [-0.15, -0.1) is 0 Å². The zero-order valence-electron chi connectivity index (χ0n) is 23.2. The van der Waals surface area contributed by atoms with Crippen LogP contribution in [0.5, 0.6) is 0 Å². The Morgan fingerprint density at radius 2 is 1.32 bits per heavy atom. The number of Topliss-reactive ketones (excluding diaryl/α,β-unsaturated/α-hetero) is 2. The first-order valence-electron chi connectivity index (χ1n) is 13.7. The van der Waals surface area contributed by atoms with Gasteiger partial charge >= 0.3 is 0 Å². The van der Waals surface area contributed by atoms with Gasteiger partial charge in [-0.1, -0.05) is 58.0 Å². The van der Waals surface area contributed by atoms with Crippen LogP contribution in [-0.2, 0) is 9.59 Å². The van der Waals surface area contributed by atoms with Gasteiger partial charge in [0.1, 0.15) is 11.5 Å². The number of carbonyl (C=O) groups is 2. The third-order valence-corrected chi connectivity index (χ3v) is 8.20. The van der Waals surface area contributed by atoms with E-state index in [9.17, 15) is 19.7 Å². The van der Waals surface area contributed by atoms with Gasteiger partial charge in [0.2, 0.25) is 0 Å². The van der Waals surface area contributed by atoms with Gasteiger partial charge in [0, 0.05) is 47.1 Å². The van der Waals surface area contributed by atoms with Crippen LogP contribution < -0.4 is 4.90 Å². The van der Waals surface area contributed by atoms with Crippen LogP contribution in [0.15, 0.2) is 93.7 Å². The fraction of sp³-hybridized carbons (Fsp3) is 0.333. The molecule has 3 aromatic rings. The van der Waals surface area contributed by atoms with E-state index in [0.29, 0.717) is 53.9 Å². The first-order valence-corrected chi connectivity index (χ1v) is 13.7. The van der Waals surface area contributed by atoms with E-state index in [1.165, 1.54) is 6.07 Å². The summed E-state index contributed by atoms with van der Waals surface area (Å²) in [6.45, 7) is 8.41. The van der Waals surface area contributed by atoms with Crippen LogP contribution in [-0.4, -0.2) is 16.5 Å². The fourth-order valence-electron chi connectivity index (χ4n) is 6.63. The van der Waals surface area contributed by atoms with Crippen molar-refractivity contribution in [3.8, 4) is 11.3 Å². The number of benzene rings is 2. The predicted octanol–water partition coefficient (Wildman–Crippen LogP) is 7.75. The number of para-hydroxylation sites is 2. The minimum Gasteiger partial charge on any atom is -0.460 e. The van der Waals surface area contributed by atoms with Crippen LogP contribution >= 0.6 is 0 Å². The van der Waals surface area contributed by atoms with Gasteiger partial charge in [0.15, 0.2) is 11.6 Å². The van der Waals surface area contributed by atoms with E-state index in [1.54, 1.807) is 30.3 Å². The summed E-state index contributed by atoms with van der Waals surface area (Å²) < 4.78 is 6.34. The number of nitrogens with zero attached hydrogens (tertiary/aromatic N) is 2. The summed E-state index contributed by atoms with van der Waals surface area (Å²) in [5.41, 5.74) is 3.73. The number of anilines is 1. The normalized spacial score (nSPS) is 20.4. The van der Waals surface area contributed by atoms with Crippen LogP contribution in [0.4, 0.5) is 11.4 Å². The molecule has 1 aromatic heterocycles. The van der Waals surface area contributed by atoms with Crippen molar-refractivity contribution in [2.45, 2.75) is 59.3 Å². The molecule has 40 heavy (non-hydrogen) atoms. The van der Waals surface area contributed by atoms with Gasteiger partial charge in [-0.25, -0.2) is 0 Å². The lowest BCUT2D eigenvalue weighted by atomic mass is 9.64. The molecule has 2 aliphatic carbocycles. The molecule has 2 heterocycles. The highest BCUT2D eigenvalue weighted by atomic mass is 16.6. The largest absolute Gasteiger partial charge is 0.460 e. The smallest absolute Gasteiger partial charge is 0.280 e. The quantitative estimate of drug-likeness (QED) is 0.250. The molecule has 7 nitrogen and oxygen atoms in total. The average molecular weight is 537 g/mol. The number of nitro groups is 1. The van der Waals surface area contributed by atoms with Gasteiger partial charge < -0.3 is 9.32 Å². The second kappa shape index (κ2) is 9.15. The van der Waals surface area contributed by atoms with Crippen molar-refractivity contribution in [1.29, 1.82) is 0 Å². The van der Waals surface area contributed by atoms with E-state index in [2.05, 4.69) is 32.6 Å². The lowest BCUT2D eigenvalue weighted by Crippen LogP contribution is -2.44. The highest BCUT2D eigenvalue weighted by molar-refractivity contribution is 6.08. The Labute approximate surface area is 233 Å². The SMILES string of the molecule is CC1(C)CC(=O)C2=C(C1)N(c1ccccc1)C1=C(C(=O)CC(C)(C)C1)C2c1ccc(-c2ccccc2[N+](=O)[O-])o1. The van der Waals surface area contributed by atoms with Gasteiger partial charge in [-0.2, -0.15) is 0 Å². The lowest BCUT2D eigenvalue weighted by molar-refractivity contribution is -0.384. The Hall–Kier alpha value is -4.26. The molecule has 204 valence electrons. The van der Waals surface area contributed by atoms with E-state index in [-0.39, 0.29) is 28.1 Å². The maximum absolute atomic E-state index is 14.0. The van der Waals surface area contributed by atoms with E-state index in [1.807, 2.05) is 30.3 Å². The van der Waals surface area contributed by atoms with Crippen molar-refractivity contribution in [3.05, 3.63) is 105 Å². The summed E-state index contributed by atoms with van der Waals surface area (Å²) in [6.07, 6.45) is 2.07. The Balaban J connectivity index is 1.60. The number of allylic oxidation sites excluding steroid dienone is 4. The van der Waals surface area contributed by atoms with Gasteiger partial charge in [0.05, 0.1) is 16.4 Å². The topological polar surface area (TPSA) is 93.7 Å². The zero-order chi connectivity index (χ0) is 28.4. The van der Waals surface area contributed by atoms with E-state index in [4.69, 9.17) is 4.42 Å². The minimum atomic E-state index is -0.659. The van der Waals surface area contributed by atoms with Gasteiger partial charge in [-0.3, -0.25) is 19.7 Å². The van der Waals surface area contributed by atoms with E-state index < -0.39 is 10.8 Å². The second-order valence-corrected chi connectivity index (χ2v) is 12.7. The minimum absolute atomic E-state index is 0.00464. The van der Waals surface area contributed by atoms with Crippen LogP contribution in [0.25, 0.3) is 11.3 Å². The molecule has 0 radical (unpaired) electrons. The zero-order valence-corrected chi connectivity index (χ0v) is 23.2. The number of ketones is 2. The summed E-state index contributed by atoms with van der Waals surface area (Å²) in [5.74, 6) is 0.148. The standard InChI is InChI=1S/C33H32N2O5/c1-32(2)16-23-29(25(36)18-32)31(28-15-14-27(40-28)21-12-8-9-13-22(21)35(38)39)30-24(17-33(3,4)19-26(30)37)34(23)20-10-6-5-7-11-20/h5-15,31H,16-19H2,1-4H3. The number of rotatable bonds is 4. The molecule has 0 atom stereocenters. The number of hydrogen-bond donors (Lipinski definition) is 0. The third-order valence-electron chi connectivity index (χ3n) is 8.20. The van der Waals surface area contributed by atoms with E-state index >= 15 is 0 Å². The molecule has 0 saturated carbocycles. The number of hydrogen-bond acceptors (Lipinski definition) is 6. The molecule has 1 aliphatic heterocycles. The lowest BCUT2D eigenvalue weighted by Gasteiger charge is -2.48. The molecule has 0 N–H and O–H groups in total.